The molecular weight excluding hydrogens is 1220 g/mol. The van der Waals surface area contributed by atoms with Crippen LogP contribution in [0.3, 0.4) is 0 Å². The maximum absolute atomic E-state index is 15.1. The Balaban J connectivity index is 1.53. The predicted molar refractivity (Wildman–Crippen MR) is 338 cm³/mol. The minimum Gasteiger partial charge on any atom is -0.351 e. The Morgan fingerprint density at radius 3 is 1.83 bits per heavy atom. The van der Waals surface area contributed by atoms with Crippen molar-refractivity contribution in [3.8, 4) is 6.07 Å². The van der Waals surface area contributed by atoms with E-state index < -0.39 is 162 Å². The summed E-state index contributed by atoms with van der Waals surface area (Å²) in [7, 11) is 8.48. The minimum atomic E-state index is -4.51. The van der Waals surface area contributed by atoms with E-state index in [9.17, 15) is 61.6 Å². The molecule has 2 heterocycles. The number of rotatable bonds is 10. The number of hydrogen-bond donors (Lipinski definition) is 4. The molecule has 5 rings (SSSR count). The second-order valence-electron chi connectivity index (χ2n) is 28.0. The summed E-state index contributed by atoms with van der Waals surface area (Å²) in [6.07, 6.45) is 0.391. The number of nitrogens with zero attached hydrogens (tertiary/aromatic N) is 8. The summed E-state index contributed by atoms with van der Waals surface area (Å²) in [4.78, 5) is 168. The molecule has 5 fully saturated rings. The van der Waals surface area contributed by atoms with Crippen molar-refractivity contribution < 1.29 is 65.9 Å². The quantitative estimate of drug-likeness (QED) is 0.211. The average Bonchev–Trinajstić information content (AvgIpc) is 1.55. The lowest BCUT2D eigenvalue weighted by Crippen LogP contribution is -2.64. The summed E-state index contributed by atoms with van der Waals surface area (Å²) >= 11 is 6.36. The van der Waals surface area contributed by atoms with Gasteiger partial charge in [0.05, 0.1) is 31.6 Å². The summed E-state index contributed by atoms with van der Waals surface area (Å²) in [5, 5.41) is 20.0. The van der Waals surface area contributed by atoms with Crippen LogP contribution in [0.15, 0.2) is 0 Å². The molecule has 3 unspecified atom stereocenters. The average molecular weight is 1320 g/mol. The third-order valence-electron chi connectivity index (χ3n) is 20.0. The zero-order valence-corrected chi connectivity index (χ0v) is 57.3. The van der Waals surface area contributed by atoms with E-state index in [4.69, 9.17) is 11.6 Å². The SMILES string of the molecule is CC[C@H](C)[C@@H]1NC(=O)[C@H](CC(C)C)N(C)C(=O)C[C@@H](C)NC(=O)[C@H](C(C)C)N(C)C(=O)C2(CCCC2)NC(=O)[C@@H]2CCCN2C(=O)[C@H](CCC2CCC(C(F)(F)F)C(Cl)C2)NC(=O)CN(C)C(=O)[C@H](CC2CCC(C#N)CC2)N(C)C(=O)CN(C)C(=O)CN(C)C1=O. The summed E-state index contributed by atoms with van der Waals surface area (Å²) < 4.78 is 41.7. The van der Waals surface area contributed by atoms with Gasteiger partial charge in [0.15, 0.2) is 0 Å². The van der Waals surface area contributed by atoms with E-state index >= 15 is 9.59 Å². The maximum atomic E-state index is 15.1. The highest BCUT2D eigenvalue weighted by Gasteiger charge is 2.51. The number of carbonyl (C=O) groups excluding carboxylic acids is 11. The van der Waals surface area contributed by atoms with Crippen LogP contribution < -0.4 is 21.3 Å². The fraction of sp³-hybridized carbons (Fsp3) is 0.815. The van der Waals surface area contributed by atoms with Crippen LogP contribution in [0.2, 0.25) is 0 Å². The van der Waals surface area contributed by atoms with E-state index in [1.54, 1.807) is 27.7 Å². The topological polar surface area (TPSA) is 282 Å². The Bertz CT molecular complexity index is 2680. The maximum Gasteiger partial charge on any atom is 0.393 e. The molecule has 0 aromatic heterocycles. The highest BCUT2D eigenvalue weighted by Crippen LogP contribution is 2.44. The van der Waals surface area contributed by atoms with Crippen LogP contribution in [0.25, 0.3) is 0 Å². The predicted octanol–water partition coefficient (Wildman–Crippen LogP) is 4.98. The van der Waals surface area contributed by atoms with Gasteiger partial charge in [0.1, 0.15) is 41.8 Å². The van der Waals surface area contributed by atoms with Crippen molar-refractivity contribution in [3.63, 3.8) is 0 Å². The van der Waals surface area contributed by atoms with Gasteiger partial charge in [-0.15, -0.1) is 11.6 Å². The van der Waals surface area contributed by atoms with Crippen LogP contribution in [-0.2, 0) is 52.7 Å². The van der Waals surface area contributed by atoms with Crippen molar-refractivity contribution in [1.82, 2.24) is 55.6 Å². The van der Waals surface area contributed by atoms with Crippen molar-refractivity contribution in [2.45, 2.75) is 230 Å². The van der Waals surface area contributed by atoms with E-state index in [0.29, 0.717) is 51.4 Å². The Labute approximate surface area is 547 Å². The van der Waals surface area contributed by atoms with Crippen LogP contribution in [0, 0.1) is 52.8 Å². The summed E-state index contributed by atoms with van der Waals surface area (Å²) in [6.45, 7) is 10.9. The first-order chi connectivity index (χ1) is 43.0. The molecule has 0 bridgehead atoms. The standard InChI is InChI=1S/C65H104ClF3N12O11/c1-14-40(6)55-62(91)77(10)36-53(84)75(8)37-54(85)79(12)50(33-43-19-21-44(34-70)22-20-43)61(90)76(9)35-51(82)72-47(26-24-42-23-25-45(46(66)32-42)65(67,68)69)60(89)81-29-17-18-48(81)58(87)74-64(27-15-16-28-64)63(92)80(13)56(39(4)5)59(88)71-41(7)31-52(83)78(11)49(30-38(2)3)57(86)73-55/h38-50,55-56H,14-33,35-37H2,1-13H3,(H,71,88)(H,72,82)(H,73,86)(H,74,87)/t40-,41+,42?,43?,44?,45?,46?,47-,48-,49-,50-,55-,56-/m0/s1. The second kappa shape index (κ2) is 33.7. The molecule has 11 amide bonds. The fourth-order valence-corrected chi connectivity index (χ4v) is 14.6. The van der Waals surface area contributed by atoms with Gasteiger partial charge in [-0.2, -0.15) is 18.4 Å². The van der Waals surface area contributed by atoms with Crippen molar-refractivity contribution >= 4 is 76.6 Å². The van der Waals surface area contributed by atoms with Crippen LogP contribution in [0.5, 0.6) is 0 Å². The third kappa shape index (κ3) is 19.9. The molecule has 11 atom stereocenters. The molecule has 92 heavy (non-hydrogen) atoms. The number of nitrogens with one attached hydrogen (secondary N) is 4. The van der Waals surface area contributed by atoms with Gasteiger partial charge in [-0.1, -0.05) is 60.8 Å². The fourth-order valence-electron chi connectivity index (χ4n) is 14.1. The van der Waals surface area contributed by atoms with Crippen molar-refractivity contribution in [1.29, 1.82) is 5.26 Å². The largest absolute Gasteiger partial charge is 0.393 e. The molecule has 3 saturated carbocycles. The minimum absolute atomic E-state index is 0.00212. The molecular formula is C65H104ClF3N12O11. The van der Waals surface area contributed by atoms with Gasteiger partial charge in [-0.05, 0) is 133 Å². The van der Waals surface area contributed by atoms with E-state index in [1.165, 1.54) is 61.9 Å². The van der Waals surface area contributed by atoms with E-state index in [0.717, 1.165) is 14.7 Å². The lowest BCUT2D eigenvalue weighted by Gasteiger charge is -2.39. The molecule has 0 radical (unpaired) electrons. The van der Waals surface area contributed by atoms with Crippen molar-refractivity contribution in [2.24, 2.45) is 41.4 Å². The number of fused-ring (bicyclic) bond motifs is 1. The molecule has 0 aromatic rings. The van der Waals surface area contributed by atoms with Gasteiger partial charge >= 0.3 is 6.18 Å². The smallest absolute Gasteiger partial charge is 0.351 e. The monoisotopic (exact) mass is 1320 g/mol. The first kappa shape index (κ1) is 76.5. The number of nitriles is 1. The number of likely N-dealkylation sites (N-methyl/N-ethyl adjacent to an activating group) is 6. The molecule has 1 spiro atoms. The van der Waals surface area contributed by atoms with Gasteiger partial charge in [-0.25, -0.2) is 0 Å². The number of carbonyl (C=O) groups is 11. The van der Waals surface area contributed by atoms with E-state index in [2.05, 4.69) is 27.3 Å². The molecule has 0 aromatic carbocycles. The summed E-state index contributed by atoms with van der Waals surface area (Å²) in [5.41, 5.74) is -1.49. The van der Waals surface area contributed by atoms with Crippen LogP contribution >= 0.6 is 11.6 Å². The van der Waals surface area contributed by atoms with Crippen molar-refractivity contribution in [2.75, 3.05) is 68.5 Å². The second-order valence-corrected chi connectivity index (χ2v) is 28.6. The van der Waals surface area contributed by atoms with E-state index in [1.807, 2.05) is 20.8 Å². The number of alkyl halides is 4. The van der Waals surface area contributed by atoms with Crippen LogP contribution in [-0.4, -0.2) is 227 Å². The zero-order valence-electron chi connectivity index (χ0n) is 56.5. The Morgan fingerprint density at radius 2 is 1.25 bits per heavy atom. The lowest BCUT2D eigenvalue weighted by molar-refractivity contribution is -0.182. The molecule has 3 aliphatic carbocycles. The van der Waals surface area contributed by atoms with Gasteiger partial charge in [0, 0.05) is 72.6 Å². The van der Waals surface area contributed by atoms with Gasteiger partial charge in [0.25, 0.3) is 0 Å². The number of halogens is 4. The molecule has 2 saturated heterocycles. The zero-order chi connectivity index (χ0) is 68.9. The highest BCUT2D eigenvalue weighted by atomic mass is 35.5. The van der Waals surface area contributed by atoms with Gasteiger partial charge in [0.2, 0.25) is 65.0 Å². The van der Waals surface area contributed by atoms with Gasteiger partial charge < -0.3 is 55.6 Å². The lowest BCUT2D eigenvalue weighted by atomic mass is 9.78. The molecule has 518 valence electrons. The number of hydrogen-bond acceptors (Lipinski definition) is 12. The third-order valence-corrected chi connectivity index (χ3v) is 20.5. The summed E-state index contributed by atoms with van der Waals surface area (Å²) in [5.74, 6) is -10.3. The number of amides is 11. The Kier molecular flexibility index (Phi) is 28.0. The molecule has 2 aliphatic heterocycles. The van der Waals surface area contributed by atoms with Gasteiger partial charge in [-0.3, -0.25) is 52.7 Å². The first-order valence-electron chi connectivity index (χ1n) is 33.2. The Hall–Kier alpha value is -6.26. The van der Waals surface area contributed by atoms with E-state index in [-0.39, 0.29) is 101 Å². The highest BCUT2D eigenvalue weighted by molar-refractivity contribution is 6.20. The van der Waals surface area contributed by atoms with Crippen LogP contribution in [0.1, 0.15) is 170 Å². The molecule has 23 nitrogen and oxygen atoms in total. The van der Waals surface area contributed by atoms with Crippen LogP contribution in [0.4, 0.5) is 13.2 Å². The molecule has 4 N–H and O–H groups in total. The normalized spacial score (nSPS) is 30.8. The van der Waals surface area contributed by atoms with Crippen molar-refractivity contribution in [3.05, 3.63) is 0 Å². The first-order valence-corrected chi connectivity index (χ1v) is 33.6. The Morgan fingerprint density at radius 1 is 0.652 bits per heavy atom. The molecule has 5 aliphatic rings. The molecule has 27 heteroatoms. The summed E-state index contributed by atoms with van der Waals surface area (Å²) in [6, 6.07) is -5.47.